The van der Waals surface area contributed by atoms with Crippen molar-refractivity contribution < 1.29 is 9.47 Å². The Balaban J connectivity index is 2.14. The quantitative estimate of drug-likeness (QED) is 0.786. The maximum Gasteiger partial charge on any atom is 0.163 e. The summed E-state index contributed by atoms with van der Waals surface area (Å²) in [5.41, 5.74) is 3.35. The molecule has 0 saturated heterocycles. The first-order chi connectivity index (χ1) is 11.3. The molecule has 0 amide bonds. The molecule has 0 aliphatic rings. The number of ether oxygens (including phenoxy) is 2. The second kappa shape index (κ2) is 7.91. The van der Waals surface area contributed by atoms with Gasteiger partial charge in [-0.15, -0.1) is 0 Å². The van der Waals surface area contributed by atoms with Crippen LogP contribution in [0.5, 0.6) is 11.5 Å². The Morgan fingerprint density at radius 1 is 1.08 bits per heavy atom. The van der Waals surface area contributed by atoms with Crippen molar-refractivity contribution in [1.29, 1.82) is 0 Å². The largest absolute Gasteiger partial charge is 0.493 e. The van der Waals surface area contributed by atoms with Crippen LogP contribution in [0.15, 0.2) is 36.4 Å². The van der Waals surface area contributed by atoms with Crippen LogP contribution < -0.4 is 14.8 Å². The molecule has 0 bridgehead atoms. The van der Waals surface area contributed by atoms with Crippen molar-refractivity contribution in [3.63, 3.8) is 0 Å². The molecule has 4 heteroatoms. The summed E-state index contributed by atoms with van der Waals surface area (Å²) < 4.78 is 11.4. The van der Waals surface area contributed by atoms with Crippen LogP contribution in [0.4, 0.5) is 0 Å². The van der Waals surface area contributed by atoms with Gasteiger partial charge in [-0.2, -0.15) is 0 Å². The fourth-order valence-electron chi connectivity index (χ4n) is 2.31. The van der Waals surface area contributed by atoms with Gasteiger partial charge in [0.05, 0.1) is 7.11 Å². The number of hydrogen-bond acceptors (Lipinski definition) is 3. The van der Waals surface area contributed by atoms with Gasteiger partial charge in [-0.1, -0.05) is 41.4 Å². The van der Waals surface area contributed by atoms with Crippen molar-refractivity contribution in [2.75, 3.05) is 7.11 Å². The predicted molar refractivity (Wildman–Crippen MR) is 100 cm³/mol. The molecule has 0 unspecified atom stereocenters. The molecule has 2 rings (SSSR count). The van der Waals surface area contributed by atoms with E-state index in [4.69, 9.17) is 21.1 Å². The van der Waals surface area contributed by atoms with Crippen molar-refractivity contribution >= 4 is 11.6 Å². The smallest absolute Gasteiger partial charge is 0.163 e. The van der Waals surface area contributed by atoms with Gasteiger partial charge >= 0.3 is 0 Å². The Hall–Kier alpha value is -1.71. The maximum atomic E-state index is 6.42. The first-order valence-electron chi connectivity index (χ1n) is 8.08. The summed E-state index contributed by atoms with van der Waals surface area (Å²) in [6, 6.07) is 12.0. The molecular weight excluding hydrogens is 322 g/mol. The van der Waals surface area contributed by atoms with Crippen molar-refractivity contribution in [2.24, 2.45) is 0 Å². The summed E-state index contributed by atoms with van der Waals surface area (Å²) >= 11 is 6.42. The van der Waals surface area contributed by atoms with E-state index in [0.717, 1.165) is 11.1 Å². The van der Waals surface area contributed by atoms with E-state index >= 15 is 0 Å². The molecule has 2 aromatic carbocycles. The fraction of sp³-hybridized carbons (Fsp3) is 0.400. The van der Waals surface area contributed by atoms with Gasteiger partial charge < -0.3 is 14.8 Å². The highest BCUT2D eigenvalue weighted by atomic mass is 35.5. The average Bonchev–Trinajstić information content (AvgIpc) is 2.51. The zero-order valence-electron chi connectivity index (χ0n) is 15.1. The minimum absolute atomic E-state index is 0.0247. The molecule has 0 radical (unpaired) electrons. The van der Waals surface area contributed by atoms with Gasteiger partial charge in [0.1, 0.15) is 6.61 Å². The van der Waals surface area contributed by atoms with E-state index < -0.39 is 0 Å². The Labute approximate surface area is 149 Å². The molecule has 0 aromatic heterocycles. The van der Waals surface area contributed by atoms with Crippen LogP contribution in [-0.4, -0.2) is 12.6 Å². The highest BCUT2D eigenvalue weighted by Crippen LogP contribution is 2.34. The minimum atomic E-state index is 0.0247. The number of halogens is 1. The van der Waals surface area contributed by atoms with E-state index in [1.165, 1.54) is 5.56 Å². The van der Waals surface area contributed by atoms with Crippen LogP contribution in [0.25, 0.3) is 0 Å². The average molecular weight is 348 g/mol. The number of hydrogen-bond donors (Lipinski definition) is 1. The van der Waals surface area contributed by atoms with E-state index in [9.17, 15) is 0 Å². The summed E-state index contributed by atoms with van der Waals surface area (Å²) in [5.74, 6) is 1.35. The van der Waals surface area contributed by atoms with Crippen LogP contribution in [0, 0.1) is 6.92 Å². The topological polar surface area (TPSA) is 30.5 Å². The van der Waals surface area contributed by atoms with Crippen molar-refractivity contribution in [1.82, 2.24) is 5.32 Å². The van der Waals surface area contributed by atoms with Crippen LogP contribution in [-0.2, 0) is 13.2 Å². The number of aryl methyl sites for hydroxylation is 1. The number of methoxy groups -OCH3 is 1. The lowest BCUT2D eigenvalue weighted by atomic mass is 10.1. The predicted octanol–water partition coefficient (Wildman–Crippen LogP) is 5.12. The van der Waals surface area contributed by atoms with Gasteiger partial charge in [0.2, 0.25) is 0 Å². The van der Waals surface area contributed by atoms with Crippen molar-refractivity contribution in [3.05, 3.63) is 58.1 Å². The van der Waals surface area contributed by atoms with Crippen LogP contribution in [0.2, 0.25) is 5.02 Å². The highest BCUT2D eigenvalue weighted by molar-refractivity contribution is 6.31. The molecule has 1 N–H and O–H groups in total. The molecule has 3 nitrogen and oxygen atoms in total. The van der Waals surface area contributed by atoms with Gasteiger partial charge in [0.25, 0.3) is 0 Å². The number of rotatable bonds is 6. The standard InChI is InChI=1S/C20H26ClNO2/c1-14-7-6-8-15(9-14)13-24-19-11-17(21)16(10-18(19)23-5)12-22-20(2,3)4/h6-11,22H,12-13H2,1-5H3. The van der Waals surface area contributed by atoms with Crippen LogP contribution in [0.3, 0.4) is 0 Å². The first kappa shape index (κ1) is 18.6. The van der Waals surface area contributed by atoms with Crippen molar-refractivity contribution in [2.45, 2.75) is 46.4 Å². The van der Waals surface area contributed by atoms with E-state index in [1.807, 2.05) is 24.3 Å². The monoisotopic (exact) mass is 347 g/mol. The third-order valence-electron chi connectivity index (χ3n) is 3.62. The number of nitrogens with one attached hydrogen (secondary N) is 1. The summed E-state index contributed by atoms with van der Waals surface area (Å²) in [6.45, 7) is 9.59. The summed E-state index contributed by atoms with van der Waals surface area (Å²) in [6.07, 6.45) is 0. The lowest BCUT2D eigenvalue weighted by Crippen LogP contribution is -2.35. The summed E-state index contributed by atoms with van der Waals surface area (Å²) in [4.78, 5) is 0. The zero-order valence-corrected chi connectivity index (χ0v) is 15.8. The lowest BCUT2D eigenvalue weighted by molar-refractivity contribution is 0.284. The van der Waals surface area contributed by atoms with Crippen LogP contribution >= 0.6 is 11.6 Å². The molecular formula is C20H26ClNO2. The Kier molecular flexibility index (Phi) is 6.14. The summed E-state index contributed by atoms with van der Waals surface area (Å²) in [5, 5.41) is 4.11. The van der Waals surface area contributed by atoms with Gasteiger partial charge in [-0.3, -0.25) is 0 Å². The van der Waals surface area contributed by atoms with E-state index in [1.54, 1.807) is 7.11 Å². The maximum absolute atomic E-state index is 6.42. The fourth-order valence-corrected chi connectivity index (χ4v) is 2.53. The first-order valence-corrected chi connectivity index (χ1v) is 8.46. The third kappa shape index (κ3) is 5.43. The SMILES string of the molecule is COc1cc(CNC(C)(C)C)c(Cl)cc1OCc1cccc(C)c1. The molecule has 0 aliphatic heterocycles. The minimum Gasteiger partial charge on any atom is -0.493 e. The van der Waals surface area contributed by atoms with Crippen LogP contribution in [0.1, 0.15) is 37.5 Å². The Morgan fingerprint density at radius 3 is 2.46 bits per heavy atom. The molecule has 0 aliphatic carbocycles. The normalized spacial score (nSPS) is 11.4. The molecule has 0 saturated carbocycles. The molecule has 130 valence electrons. The molecule has 0 atom stereocenters. The molecule has 0 fully saturated rings. The Morgan fingerprint density at radius 2 is 1.83 bits per heavy atom. The van der Waals surface area contributed by atoms with E-state index in [-0.39, 0.29) is 5.54 Å². The number of benzene rings is 2. The third-order valence-corrected chi connectivity index (χ3v) is 3.97. The Bertz CT molecular complexity index is 693. The zero-order chi connectivity index (χ0) is 17.7. The van der Waals surface area contributed by atoms with Gasteiger partial charge in [-0.05, 0) is 44.9 Å². The van der Waals surface area contributed by atoms with E-state index in [2.05, 4.69) is 45.1 Å². The molecule has 0 spiro atoms. The van der Waals surface area contributed by atoms with Crippen molar-refractivity contribution in [3.8, 4) is 11.5 Å². The van der Waals surface area contributed by atoms with Gasteiger partial charge in [-0.25, -0.2) is 0 Å². The van der Waals surface area contributed by atoms with Gasteiger partial charge in [0, 0.05) is 23.2 Å². The molecule has 2 aromatic rings. The highest BCUT2D eigenvalue weighted by Gasteiger charge is 2.14. The second-order valence-corrected chi connectivity index (χ2v) is 7.38. The molecule has 24 heavy (non-hydrogen) atoms. The second-order valence-electron chi connectivity index (χ2n) is 6.98. The summed E-state index contributed by atoms with van der Waals surface area (Å²) in [7, 11) is 1.64. The van der Waals surface area contributed by atoms with E-state index in [0.29, 0.717) is 29.7 Å². The van der Waals surface area contributed by atoms with Gasteiger partial charge in [0.15, 0.2) is 11.5 Å². The lowest BCUT2D eigenvalue weighted by Gasteiger charge is -2.21. The molecule has 0 heterocycles.